The van der Waals surface area contributed by atoms with E-state index in [-0.39, 0.29) is 30.5 Å². The van der Waals surface area contributed by atoms with Gasteiger partial charge in [-0.05, 0) is 41.8 Å². The Morgan fingerprint density at radius 3 is 2.12 bits per heavy atom. The molecular weight excluding hydrogens is 309 g/mol. The fourth-order valence-electron chi connectivity index (χ4n) is 2.04. The average Bonchev–Trinajstić information content (AvgIpc) is 2.60. The van der Waals surface area contributed by atoms with Crippen molar-refractivity contribution in [2.24, 2.45) is 0 Å². The molecule has 2 aromatic carbocycles. The largest absolute Gasteiger partial charge is 0.273 e. The summed E-state index contributed by atoms with van der Waals surface area (Å²) in [5, 5.41) is 8.71. The summed E-state index contributed by atoms with van der Waals surface area (Å²) in [6, 6.07) is 14.6. The Balaban J connectivity index is 1.71. The molecule has 2 amide bonds. The predicted molar refractivity (Wildman–Crippen MR) is 85.9 cm³/mol. The van der Waals surface area contributed by atoms with E-state index in [4.69, 9.17) is 5.26 Å². The molecule has 2 rings (SSSR count). The molecule has 0 atom stereocenters. The number of nitrogens with one attached hydrogen (secondary N) is 2. The fraction of sp³-hybridized carbons (Fsp3) is 0.167. The third-order valence-electron chi connectivity index (χ3n) is 3.34. The van der Waals surface area contributed by atoms with Gasteiger partial charge in [-0.15, -0.1) is 0 Å². The van der Waals surface area contributed by atoms with E-state index >= 15 is 0 Å². The maximum atomic E-state index is 12.8. The van der Waals surface area contributed by atoms with Gasteiger partial charge in [-0.2, -0.15) is 5.26 Å². The van der Waals surface area contributed by atoms with Gasteiger partial charge in [-0.25, -0.2) is 4.39 Å². The van der Waals surface area contributed by atoms with Gasteiger partial charge in [-0.1, -0.05) is 24.3 Å². The van der Waals surface area contributed by atoms with Gasteiger partial charge in [-0.3, -0.25) is 20.4 Å². The summed E-state index contributed by atoms with van der Waals surface area (Å²) < 4.78 is 12.8. The SMILES string of the molecule is N#Cc1ccc(CCC(=O)NNC(=O)Cc2ccc(F)cc2)cc1. The van der Waals surface area contributed by atoms with Gasteiger partial charge in [0, 0.05) is 6.42 Å². The molecule has 0 unspecified atom stereocenters. The summed E-state index contributed by atoms with van der Waals surface area (Å²) in [7, 11) is 0. The van der Waals surface area contributed by atoms with Crippen LogP contribution in [0.15, 0.2) is 48.5 Å². The molecular formula is C18H16FN3O2. The third-order valence-corrected chi connectivity index (χ3v) is 3.34. The molecule has 0 aliphatic heterocycles. The summed E-state index contributed by atoms with van der Waals surface area (Å²) >= 11 is 0. The topological polar surface area (TPSA) is 82.0 Å². The van der Waals surface area contributed by atoms with E-state index in [2.05, 4.69) is 10.9 Å². The van der Waals surface area contributed by atoms with Crippen LogP contribution in [0.1, 0.15) is 23.1 Å². The number of hydrazine groups is 1. The molecule has 0 saturated heterocycles. The Hall–Kier alpha value is -3.20. The molecule has 24 heavy (non-hydrogen) atoms. The second kappa shape index (κ2) is 8.44. The summed E-state index contributed by atoms with van der Waals surface area (Å²) in [6.45, 7) is 0. The molecule has 2 N–H and O–H groups in total. The van der Waals surface area contributed by atoms with E-state index < -0.39 is 0 Å². The van der Waals surface area contributed by atoms with Crippen molar-refractivity contribution in [3.05, 3.63) is 71.0 Å². The smallest absolute Gasteiger partial charge is 0.242 e. The number of hydrogen-bond donors (Lipinski definition) is 2. The summed E-state index contributed by atoms with van der Waals surface area (Å²) in [4.78, 5) is 23.4. The first kappa shape index (κ1) is 17.2. The highest BCUT2D eigenvalue weighted by molar-refractivity contribution is 5.83. The van der Waals surface area contributed by atoms with Crippen molar-refractivity contribution < 1.29 is 14.0 Å². The minimum atomic E-state index is -0.381. The van der Waals surface area contributed by atoms with Crippen LogP contribution in [0, 0.1) is 17.1 Å². The zero-order valence-electron chi connectivity index (χ0n) is 12.9. The third kappa shape index (κ3) is 5.54. The molecule has 0 aromatic heterocycles. The normalized spacial score (nSPS) is 9.83. The van der Waals surface area contributed by atoms with Gasteiger partial charge in [0.05, 0.1) is 18.1 Å². The second-order valence-electron chi connectivity index (χ2n) is 5.21. The monoisotopic (exact) mass is 325 g/mol. The van der Waals surface area contributed by atoms with Gasteiger partial charge in [0.2, 0.25) is 11.8 Å². The van der Waals surface area contributed by atoms with Crippen LogP contribution in [-0.4, -0.2) is 11.8 Å². The number of hydrogen-bond acceptors (Lipinski definition) is 3. The van der Waals surface area contributed by atoms with Crippen molar-refractivity contribution in [1.29, 1.82) is 5.26 Å². The summed E-state index contributed by atoms with van der Waals surface area (Å²) in [5.74, 6) is -1.06. The lowest BCUT2D eigenvalue weighted by molar-refractivity contribution is -0.128. The number of halogens is 1. The van der Waals surface area contributed by atoms with E-state index in [1.165, 1.54) is 24.3 Å². The number of carbonyl (C=O) groups excluding carboxylic acids is 2. The molecule has 0 radical (unpaired) electrons. The van der Waals surface area contributed by atoms with Crippen LogP contribution in [0.4, 0.5) is 4.39 Å². The van der Waals surface area contributed by atoms with Crippen molar-refractivity contribution in [3.8, 4) is 6.07 Å². The number of nitrogens with zero attached hydrogens (tertiary/aromatic N) is 1. The van der Waals surface area contributed by atoms with Crippen molar-refractivity contribution in [2.75, 3.05) is 0 Å². The molecule has 122 valence electrons. The summed E-state index contributed by atoms with van der Waals surface area (Å²) in [6.07, 6.45) is 0.768. The van der Waals surface area contributed by atoms with E-state index in [0.717, 1.165) is 5.56 Å². The quantitative estimate of drug-likeness (QED) is 0.825. The Bertz CT molecular complexity index is 749. The van der Waals surface area contributed by atoms with Gasteiger partial charge >= 0.3 is 0 Å². The lowest BCUT2D eigenvalue weighted by atomic mass is 10.1. The van der Waals surface area contributed by atoms with Gasteiger partial charge in [0.15, 0.2) is 0 Å². The average molecular weight is 325 g/mol. The van der Waals surface area contributed by atoms with Crippen LogP contribution >= 0.6 is 0 Å². The van der Waals surface area contributed by atoms with Crippen LogP contribution in [0.5, 0.6) is 0 Å². The number of benzene rings is 2. The number of amides is 2. The molecule has 0 spiro atoms. The number of nitriles is 1. The van der Waals surface area contributed by atoms with Crippen molar-refractivity contribution in [2.45, 2.75) is 19.3 Å². The molecule has 0 heterocycles. The van der Waals surface area contributed by atoms with Crippen LogP contribution in [0.3, 0.4) is 0 Å². The molecule has 6 heteroatoms. The van der Waals surface area contributed by atoms with Gasteiger partial charge in [0.1, 0.15) is 5.82 Å². The van der Waals surface area contributed by atoms with Gasteiger partial charge in [0.25, 0.3) is 0 Å². The first-order chi connectivity index (χ1) is 11.6. The number of aryl methyl sites for hydroxylation is 1. The highest BCUT2D eigenvalue weighted by atomic mass is 19.1. The van der Waals surface area contributed by atoms with Gasteiger partial charge < -0.3 is 0 Å². The zero-order chi connectivity index (χ0) is 17.4. The Labute approximate surface area is 139 Å². The second-order valence-corrected chi connectivity index (χ2v) is 5.21. The highest BCUT2D eigenvalue weighted by Crippen LogP contribution is 2.06. The lowest BCUT2D eigenvalue weighted by Gasteiger charge is -2.07. The number of rotatable bonds is 5. The zero-order valence-corrected chi connectivity index (χ0v) is 12.9. The molecule has 0 bridgehead atoms. The molecule has 0 aliphatic rings. The maximum Gasteiger partial charge on any atom is 0.242 e. The molecule has 0 fully saturated rings. The van der Waals surface area contributed by atoms with Crippen LogP contribution in [-0.2, 0) is 22.4 Å². The first-order valence-electron chi connectivity index (χ1n) is 7.38. The lowest BCUT2D eigenvalue weighted by Crippen LogP contribution is -2.42. The minimum Gasteiger partial charge on any atom is -0.273 e. The van der Waals surface area contributed by atoms with E-state index in [1.54, 1.807) is 24.3 Å². The Morgan fingerprint density at radius 1 is 0.917 bits per heavy atom. The predicted octanol–water partition coefficient (Wildman–Crippen LogP) is 2.02. The highest BCUT2D eigenvalue weighted by Gasteiger charge is 2.06. The van der Waals surface area contributed by atoms with Crippen molar-refractivity contribution >= 4 is 11.8 Å². The summed E-state index contributed by atoms with van der Waals surface area (Å²) in [5.41, 5.74) is 6.82. The van der Waals surface area contributed by atoms with E-state index in [9.17, 15) is 14.0 Å². The number of carbonyl (C=O) groups is 2. The van der Waals surface area contributed by atoms with Crippen molar-refractivity contribution in [1.82, 2.24) is 10.9 Å². The Kier molecular flexibility index (Phi) is 6.03. The Morgan fingerprint density at radius 2 is 1.50 bits per heavy atom. The van der Waals surface area contributed by atoms with Crippen LogP contribution in [0.25, 0.3) is 0 Å². The van der Waals surface area contributed by atoms with Crippen LogP contribution < -0.4 is 10.9 Å². The molecule has 5 nitrogen and oxygen atoms in total. The molecule has 0 aliphatic carbocycles. The standard InChI is InChI=1S/C18H16FN3O2/c19-16-8-5-14(6-9-16)11-18(24)22-21-17(23)10-7-13-1-3-15(12-20)4-2-13/h1-6,8-9H,7,10-11H2,(H,21,23)(H,22,24). The minimum absolute atomic E-state index is 0.0518. The molecule has 2 aromatic rings. The maximum absolute atomic E-state index is 12.8. The van der Waals surface area contributed by atoms with E-state index in [1.807, 2.05) is 6.07 Å². The van der Waals surface area contributed by atoms with E-state index in [0.29, 0.717) is 17.5 Å². The fourth-order valence-corrected chi connectivity index (χ4v) is 2.04. The first-order valence-corrected chi connectivity index (χ1v) is 7.38. The van der Waals surface area contributed by atoms with Crippen LogP contribution in [0.2, 0.25) is 0 Å². The molecule has 0 saturated carbocycles. The van der Waals surface area contributed by atoms with Crippen molar-refractivity contribution in [3.63, 3.8) is 0 Å².